The van der Waals surface area contributed by atoms with Crippen LogP contribution in [0.3, 0.4) is 0 Å². The van der Waals surface area contributed by atoms with Crippen molar-refractivity contribution in [1.29, 1.82) is 0 Å². The average Bonchev–Trinajstić information content (AvgIpc) is 2.55. The second-order valence-electron chi connectivity index (χ2n) is 3.01. The number of benzene rings is 1. The Morgan fingerprint density at radius 3 is 2.87 bits per heavy atom. The summed E-state index contributed by atoms with van der Waals surface area (Å²) >= 11 is 1.16. The first-order chi connectivity index (χ1) is 7.13. The van der Waals surface area contributed by atoms with Crippen molar-refractivity contribution in [3.63, 3.8) is 0 Å². The summed E-state index contributed by atoms with van der Waals surface area (Å²) < 4.78 is 5.87. The van der Waals surface area contributed by atoms with E-state index in [1.165, 1.54) is 0 Å². The minimum atomic E-state index is -0.993. The number of hydrogen-bond acceptors (Lipinski definition) is 4. The molecule has 0 fully saturated rings. The Morgan fingerprint density at radius 2 is 2.27 bits per heavy atom. The zero-order valence-corrected chi connectivity index (χ0v) is 8.80. The number of carboxylic acid groups (broad SMARTS) is 1. The van der Waals surface area contributed by atoms with Crippen LogP contribution in [0.25, 0.3) is 10.1 Å². The van der Waals surface area contributed by atoms with Crippen LogP contribution in [0.4, 0.5) is 5.69 Å². The van der Waals surface area contributed by atoms with Crippen LogP contribution in [-0.4, -0.2) is 18.2 Å². The zero-order chi connectivity index (χ0) is 11.0. The number of carbonyl (C=O) groups is 1. The highest BCUT2D eigenvalue weighted by Gasteiger charge is 2.15. The maximum absolute atomic E-state index is 10.8. The topological polar surface area (TPSA) is 72.5 Å². The molecule has 15 heavy (non-hydrogen) atoms. The van der Waals surface area contributed by atoms with Gasteiger partial charge in [0.15, 0.2) is 0 Å². The van der Waals surface area contributed by atoms with E-state index in [9.17, 15) is 4.79 Å². The molecule has 0 saturated heterocycles. The summed E-state index contributed by atoms with van der Waals surface area (Å²) in [5.74, 6) is -0.298. The maximum Gasteiger partial charge on any atom is 0.348 e. The molecule has 5 heteroatoms. The first-order valence-corrected chi connectivity index (χ1v) is 5.04. The van der Waals surface area contributed by atoms with Crippen molar-refractivity contribution in [2.24, 2.45) is 0 Å². The zero-order valence-electron chi connectivity index (χ0n) is 7.98. The van der Waals surface area contributed by atoms with E-state index in [-0.39, 0.29) is 4.88 Å². The van der Waals surface area contributed by atoms with Gasteiger partial charge in [-0.25, -0.2) is 4.79 Å². The highest BCUT2D eigenvalue weighted by Crippen LogP contribution is 2.35. The molecule has 4 nitrogen and oxygen atoms in total. The third-order valence-corrected chi connectivity index (χ3v) is 3.29. The Morgan fingerprint density at radius 1 is 1.53 bits per heavy atom. The second-order valence-corrected chi connectivity index (χ2v) is 4.06. The second kappa shape index (κ2) is 3.43. The molecule has 2 rings (SSSR count). The minimum absolute atomic E-state index is 0.179. The molecule has 3 N–H and O–H groups in total. The molecule has 0 aliphatic carbocycles. The van der Waals surface area contributed by atoms with Crippen molar-refractivity contribution in [2.45, 2.75) is 0 Å². The van der Waals surface area contributed by atoms with E-state index >= 15 is 0 Å². The number of aromatic carboxylic acids is 1. The van der Waals surface area contributed by atoms with Gasteiger partial charge in [0.2, 0.25) is 0 Å². The Kier molecular flexibility index (Phi) is 2.24. The molecule has 1 aromatic carbocycles. The van der Waals surface area contributed by atoms with E-state index in [4.69, 9.17) is 15.6 Å². The number of thiophene rings is 1. The molecule has 1 aromatic heterocycles. The summed E-state index contributed by atoms with van der Waals surface area (Å²) in [7, 11) is 1.57. The van der Waals surface area contributed by atoms with Crippen LogP contribution in [-0.2, 0) is 0 Å². The van der Waals surface area contributed by atoms with Gasteiger partial charge in [0.05, 0.1) is 12.8 Å². The molecular weight excluding hydrogens is 214 g/mol. The van der Waals surface area contributed by atoms with E-state index in [2.05, 4.69) is 0 Å². The number of fused-ring (bicyclic) bond motifs is 1. The summed E-state index contributed by atoms with van der Waals surface area (Å²) in [5, 5.41) is 9.65. The van der Waals surface area contributed by atoms with Gasteiger partial charge in [-0.15, -0.1) is 11.3 Å². The number of anilines is 1. The van der Waals surface area contributed by atoms with E-state index in [0.717, 1.165) is 21.4 Å². The molecule has 0 spiro atoms. The van der Waals surface area contributed by atoms with Gasteiger partial charge in [-0.05, 0) is 18.2 Å². The predicted octanol–water partition coefficient (Wildman–Crippen LogP) is 2.19. The largest absolute Gasteiger partial charge is 0.497 e. The Labute approximate surface area is 89.9 Å². The van der Waals surface area contributed by atoms with Crippen LogP contribution in [0.2, 0.25) is 0 Å². The lowest BCUT2D eigenvalue weighted by Gasteiger charge is -1.98. The Bertz CT molecular complexity index is 533. The van der Waals surface area contributed by atoms with E-state index in [1.54, 1.807) is 25.3 Å². The third-order valence-electron chi connectivity index (χ3n) is 2.13. The molecule has 0 aliphatic heterocycles. The molecule has 0 aliphatic rings. The summed E-state index contributed by atoms with van der Waals surface area (Å²) in [4.78, 5) is 11.0. The van der Waals surface area contributed by atoms with Crippen LogP contribution < -0.4 is 10.5 Å². The number of hydrogen-bond donors (Lipinski definition) is 2. The standard InChI is InChI=1S/C10H9NO3S/c1-14-5-2-3-6-7(4-5)15-9(8(6)11)10(12)13/h2-4H,11H2,1H3,(H,12,13). The van der Waals surface area contributed by atoms with Gasteiger partial charge in [0.1, 0.15) is 10.6 Å². The minimum Gasteiger partial charge on any atom is -0.497 e. The molecule has 0 saturated carbocycles. The lowest BCUT2D eigenvalue weighted by Crippen LogP contribution is -1.96. The fraction of sp³-hybridized carbons (Fsp3) is 0.100. The van der Waals surface area contributed by atoms with Gasteiger partial charge in [0.25, 0.3) is 0 Å². The van der Waals surface area contributed by atoms with E-state index < -0.39 is 5.97 Å². The van der Waals surface area contributed by atoms with Crippen LogP contribution >= 0.6 is 11.3 Å². The maximum atomic E-state index is 10.8. The van der Waals surface area contributed by atoms with Gasteiger partial charge >= 0.3 is 5.97 Å². The molecule has 0 radical (unpaired) electrons. The van der Waals surface area contributed by atoms with Crippen LogP contribution in [0.1, 0.15) is 9.67 Å². The van der Waals surface area contributed by atoms with Crippen molar-refractivity contribution in [1.82, 2.24) is 0 Å². The van der Waals surface area contributed by atoms with Crippen molar-refractivity contribution in [3.8, 4) is 5.75 Å². The summed E-state index contributed by atoms with van der Waals surface area (Å²) in [6.07, 6.45) is 0. The van der Waals surface area contributed by atoms with Gasteiger partial charge in [-0.3, -0.25) is 0 Å². The van der Waals surface area contributed by atoms with Crippen molar-refractivity contribution >= 4 is 33.1 Å². The molecular formula is C10H9NO3S. The first kappa shape index (κ1) is 9.79. The lowest BCUT2D eigenvalue weighted by atomic mass is 10.2. The van der Waals surface area contributed by atoms with E-state index in [0.29, 0.717) is 11.4 Å². The van der Waals surface area contributed by atoms with Gasteiger partial charge in [-0.2, -0.15) is 0 Å². The molecule has 0 unspecified atom stereocenters. The number of ether oxygens (including phenoxy) is 1. The smallest absolute Gasteiger partial charge is 0.348 e. The number of carboxylic acids is 1. The molecule has 1 heterocycles. The van der Waals surface area contributed by atoms with Crippen LogP contribution in [0, 0.1) is 0 Å². The number of nitrogens with two attached hydrogens (primary N) is 1. The van der Waals surface area contributed by atoms with Crippen molar-refractivity contribution < 1.29 is 14.6 Å². The number of rotatable bonds is 2. The van der Waals surface area contributed by atoms with E-state index in [1.807, 2.05) is 0 Å². The first-order valence-electron chi connectivity index (χ1n) is 4.23. The highest BCUT2D eigenvalue weighted by atomic mass is 32.1. The molecule has 0 bridgehead atoms. The summed E-state index contributed by atoms with van der Waals surface area (Å²) in [6, 6.07) is 5.31. The lowest BCUT2D eigenvalue weighted by molar-refractivity contribution is 0.0703. The fourth-order valence-corrected chi connectivity index (χ4v) is 2.37. The number of methoxy groups -OCH3 is 1. The summed E-state index contributed by atoms with van der Waals surface area (Å²) in [5.41, 5.74) is 6.04. The molecule has 78 valence electrons. The molecule has 0 atom stereocenters. The average molecular weight is 223 g/mol. The Balaban J connectivity index is 2.70. The molecule has 2 aromatic rings. The SMILES string of the molecule is COc1ccc2c(N)c(C(=O)O)sc2c1. The third kappa shape index (κ3) is 1.50. The normalized spacial score (nSPS) is 10.5. The van der Waals surface area contributed by atoms with Crippen molar-refractivity contribution in [3.05, 3.63) is 23.1 Å². The summed E-state index contributed by atoms with van der Waals surface area (Å²) in [6.45, 7) is 0. The number of nitrogen functional groups attached to an aromatic ring is 1. The monoisotopic (exact) mass is 223 g/mol. The van der Waals surface area contributed by atoms with Crippen molar-refractivity contribution in [2.75, 3.05) is 12.8 Å². The fourth-order valence-electron chi connectivity index (χ4n) is 1.38. The van der Waals surface area contributed by atoms with Crippen LogP contribution in [0.5, 0.6) is 5.75 Å². The predicted molar refractivity (Wildman–Crippen MR) is 59.7 cm³/mol. The molecule has 0 amide bonds. The van der Waals surface area contributed by atoms with Gasteiger partial charge in [0, 0.05) is 10.1 Å². The van der Waals surface area contributed by atoms with Gasteiger partial charge in [-0.1, -0.05) is 0 Å². The Hall–Kier alpha value is -1.75. The van der Waals surface area contributed by atoms with Crippen LogP contribution in [0.15, 0.2) is 18.2 Å². The highest BCUT2D eigenvalue weighted by molar-refractivity contribution is 7.21. The van der Waals surface area contributed by atoms with Gasteiger partial charge < -0.3 is 15.6 Å². The quantitative estimate of drug-likeness (QED) is 0.818.